The third-order valence-electron chi connectivity index (χ3n) is 4.75. The number of aromatic nitrogens is 3. The number of aryl methyl sites for hydroxylation is 1. The van der Waals surface area contributed by atoms with Gasteiger partial charge in [-0.1, -0.05) is 17.3 Å². The van der Waals surface area contributed by atoms with Gasteiger partial charge in [0.2, 0.25) is 0 Å². The molecule has 2 aromatic heterocycles. The van der Waals surface area contributed by atoms with Crippen molar-refractivity contribution in [2.75, 3.05) is 6.54 Å². The van der Waals surface area contributed by atoms with Gasteiger partial charge in [0.1, 0.15) is 0 Å². The number of benzene rings is 1. The monoisotopic (exact) mass is 366 g/mol. The molecule has 3 aromatic rings. The van der Waals surface area contributed by atoms with Crippen molar-refractivity contribution in [2.24, 2.45) is 0 Å². The molecule has 1 fully saturated rings. The molecule has 1 aliphatic rings. The average Bonchev–Trinajstić information content (AvgIpc) is 3.30. The number of aromatic amines is 2. The molecule has 0 spiro atoms. The summed E-state index contributed by atoms with van der Waals surface area (Å²) in [7, 11) is 0. The first-order valence-electron chi connectivity index (χ1n) is 8.69. The Kier molecular flexibility index (Phi) is 4.23. The van der Waals surface area contributed by atoms with Gasteiger partial charge in [0.05, 0.1) is 17.3 Å². The zero-order valence-electron chi connectivity index (χ0n) is 14.7. The van der Waals surface area contributed by atoms with E-state index in [0.717, 1.165) is 18.5 Å². The Bertz CT molecular complexity index is 1090. The summed E-state index contributed by atoms with van der Waals surface area (Å²) in [5, 5.41) is 3.92. The standard InChI is InChI=1S/C19H18N4O4/c1-11-9-16(27-22-11)15-3-2-8-23(15)18(25)13-6-4-12(5-7-13)14-10-20-19(26)21-17(14)24/h4-7,9-10,15H,2-3,8H2,1H3,(H2,20,21,24,26)/t15-/m0/s1. The minimum atomic E-state index is -0.557. The van der Waals surface area contributed by atoms with Crippen molar-refractivity contribution in [3.8, 4) is 11.1 Å². The number of carbonyl (C=O) groups is 1. The Morgan fingerprint density at radius 1 is 1.26 bits per heavy atom. The minimum absolute atomic E-state index is 0.0894. The van der Waals surface area contributed by atoms with E-state index in [1.165, 1.54) is 6.20 Å². The van der Waals surface area contributed by atoms with E-state index in [-0.39, 0.29) is 11.9 Å². The number of carbonyl (C=O) groups excluding carboxylic acids is 1. The number of H-pyrrole nitrogens is 2. The lowest BCUT2D eigenvalue weighted by Crippen LogP contribution is -2.30. The lowest BCUT2D eigenvalue weighted by atomic mass is 10.1. The van der Waals surface area contributed by atoms with Gasteiger partial charge in [-0.15, -0.1) is 0 Å². The predicted octanol–water partition coefficient (Wildman–Crippen LogP) is 2.00. The molecule has 27 heavy (non-hydrogen) atoms. The van der Waals surface area contributed by atoms with Crippen LogP contribution in [0.2, 0.25) is 0 Å². The van der Waals surface area contributed by atoms with Gasteiger partial charge in [0, 0.05) is 24.4 Å². The van der Waals surface area contributed by atoms with Crippen LogP contribution in [0.3, 0.4) is 0 Å². The first-order chi connectivity index (χ1) is 13.0. The molecular weight excluding hydrogens is 348 g/mol. The lowest BCUT2D eigenvalue weighted by molar-refractivity contribution is 0.0714. The van der Waals surface area contributed by atoms with Crippen LogP contribution < -0.4 is 11.2 Å². The first-order valence-corrected chi connectivity index (χ1v) is 8.69. The van der Waals surface area contributed by atoms with Crippen molar-refractivity contribution in [1.29, 1.82) is 0 Å². The Labute approximate surface area is 153 Å². The van der Waals surface area contributed by atoms with Gasteiger partial charge in [-0.3, -0.25) is 14.6 Å². The molecule has 4 rings (SSSR count). The summed E-state index contributed by atoms with van der Waals surface area (Å²) in [4.78, 5) is 42.4. The SMILES string of the molecule is Cc1cc([C@@H]2CCCN2C(=O)c2ccc(-c3c[nH]c(=O)[nH]c3=O)cc2)on1. The van der Waals surface area contributed by atoms with Crippen molar-refractivity contribution in [3.63, 3.8) is 0 Å². The highest BCUT2D eigenvalue weighted by Crippen LogP contribution is 2.33. The summed E-state index contributed by atoms with van der Waals surface area (Å²) < 4.78 is 5.35. The topological polar surface area (TPSA) is 112 Å². The summed E-state index contributed by atoms with van der Waals surface area (Å²) in [5.41, 5.74) is 1.25. The molecule has 0 unspecified atom stereocenters. The number of hydrogen-bond donors (Lipinski definition) is 2. The van der Waals surface area contributed by atoms with Crippen molar-refractivity contribution in [2.45, 2.75) is 25.8 Å². The summed E-state index contributed by atoms with van der Waals surface area (Å²) in [6.07, 6.45) is 3.10. The summed E-state index contributed by atoms with van der Waals surface area (Å²) in [6, 6.07) is 8.51. The quantitative estimate of drug-likeness (QED) is 0.736. The molecule has 8 heteroatoms. The molecular formula is C19H18N4O4. The minimum Gasteiger partial charge on any atom is -0.359 e. The number of likely N-dealkylation sites (tertiary alicyclic amines) is 1. The van der Waals surface area contributed by atoms with Crippen molar-refractivity contribution in [1.82, 2.24) is 20.0 Å². The summed E-state index contributed by atoms with van der Waals surface area (Å²) in [6.45, 7) is 2.51. The van der Waals surface area contributed by atoms with Crippen LogP contribution in [-0.4, -0.2) is 32.5 Å². The highest BCUT2D eigenvalue weighted by molar-refractivity contribution is 5.95. The van der Waals surface area contributed by atoms with Crippen LogP contribution >= 0.6 is 0 Å². The average molecular weight is 366 g/mol. The second-order valence-corrected chi connectivity index (χ2v) is 6.59. The molecule has 1 saturated heterocycles. The number of rotatable bonds is 3. The largest absolute Gasteiger partial charge is 0.359 e. The van der Waals surface area contributed by atoms with E-state index < -0.39 is 11.2 Å². The van der Waals surface area contributed by atoms with E-state index >= 15 is 0 Å². The fraction of sp³-hybridized carbons (Fsp3) is 0.263. The maximum atomic E-state index is 12.9. The first kappa shape index (κ1) is 17.0. The maximum absolute atomic E-state index is 12.9. The van der Waals surface area contributed by atoms with Gasteiger partial charge in [-0.2, -0.15) is 0 Å². The highest BCUT2D eigenvalue weighted by Gasteiger charge is 2.33. The Morgan fingerprint density at radius 3 is 2.70 bits per heavy atom. The van der Waals surface area contributed by atoms with Gasteiger partial charge in [0.15, 0.2) is 5.76 Å². The third-order valence-corrected chi connectivity index (χ3v) is 4.75. The van der Waals surface area contributed by atoms with E-state index in [0.29, 0.717) is 29.0 Å². The number of nitrogens with one attached hydrogen (secondary N) is 2. The van der Waals surface area contributed by atoms with E-state index in [4.69, 9.17) is 4.52 Å². The lowest BCUT2D eigenvalue weighted by Gasteiger charge is -2.22. The molecule has 2 N–H and O–H groups in total. The Hall–Kier alpha value is -3.42. The maximum Gasteiger partial charge on any atom is 0.325 e. The number of nitrogens with zero attached hydrogens (tertiary/aromatic N) is 2. The molecule has 0 saturated carbocycles. The van der Waals surface area contributed by atoms with Gasteiger partial charge in [0.25, 0.3) is 11.5 Å². The van der Waals surface area contributed by atoms with Crippen LogP contribution in [0, 0.1) is 6.92 Å². The van der Waals surface area contributed by atoms with Crippen LogP contribution in [-0.2, 0) is 0 Å². The fourth-order valence-corrected chi connectivity index (χ4v) is 3.43. The second-order valence-electron chi connectivity index (χ2n) is 6.59. The zero-order valence-corrected chi connectivity index (χ0v) is 14.7. The van der Waals surface area contributed by atoms with E-state index in [1.54, 1.807) is 29.2 Å². The molecule has 1 atom stereocenters. The fourth-order valence-electron chi connectivity index (χ4n) is 3.43. The summed E-state index contributed by atoms with van der Waals surface area (Å²) >= 11 is 0. The molecule has 3 heterocycles. The third kappa shape index (κ3) is 3.21. The van der Waals surface area contributed by atoms with Gasteiger partial charge >= 0.3 is 5.69 Å². The van der Waals surface area contributed by atoms with Crippen molar-refractivity contribution >= 4 is 5.91 Å². The van der Waals surface area contributed by atoms with Crippen LogP contribution in [0.25, 0.3) is 11.1 Å². The second kappa shape index (κ2) is 6.71. The van der Waals surface area contributed by atoms with Crippen molar-refractivity contribution in [3.05, 3.63) is 74.4 Å². The van der Waals surface area contributed by atoms with E-state index in [9.17, 15) is 14.4 Å². The molecule has 1 aliphatic heterocycles. The van der Waals surface area contributed by atoms with Gasteiger partial charge in [-0.05, 0) is 37.5 Å². The van der Waals surface area contributed by atoms with E-state index in [2.05, 4.69) is 15.1 Å². The highest BCUT2D eigenvalue weighted by atomic mass is 16.5. The zero-order chi connectivity index (χ0) is 19.0. The van der Waals surface area contributed by atoms with Gasteiger partial charge < -0.3 is 14.4 Å². The molecule has 1 aromatic carbocycles. The van der Waals surface area contributed by atoms with Crippen LogP contribution in [0.15, 0.2) is 50.6 Å². The van der Waals surface area contributed by atoms with Crippen LogP contribution in [0.5, 0.6) is 0 Å². The number of amides is 1. The molecule has 1 amide bonds. The van der Waals surface area contributed by atoms with Crippen molar-refractivity contribution < 1.29 is 9.32 Å². The Morgan fingerprint density at radius 2 is 2.04 bits per heavy atom. The van der Waals surface area contributed by atoms with Crippen LogP contribution in [0.1, 0.15) is 40.7 Å². The molecule has 138 valence electrons. The number of hydrogen-bond acceptors (Lipinski definition) is 5. The predicted molar refractivity (Wildman–Crippen MR) is 97.4 cm³/mol. The van der Waals surface area contributed by atoms with Crippen LogP contribution in [0.4, 0.5) is 0 Å². The Balaban J connectivity index is 1.59. The van der Waals surface area contributed by atoms with Gasteiger partial charge in [-0.25, -0.2) is 4.79 Å². The summed E-state index contributed by atoms with van der Waals surface area (Å²) in [5.74, 6) is 0.614. The molecule has 8 nitrogen and oxygen atoms in total. The van der Waals surface area contributed by atoms with E-state index in [1.807, 2.05) is 13.0 Å². The smallest absolute Gasteiger partial charge is 0.325 e. The molecule has 0 radical (unpaired) electrons. The molecule has 0 bridgehead atoms. The molecule has 0 aliphatic carbocycles. The normalized spacial score (nSPS) is 16.6.